The molecule has 0 fully saturated rings. The largest absolute Gasteiger partial charge is 0.305 e. The molecule has 0 spiro atoms. The summed E-state index contributed by atoms with van der Waals surface area (Å²) in [7, 11) is -3.32. The molecule has 3 aromatic rings. The average Bonchev–Trinajstić information content (AvgIpc) is 3.02. The average molecular weight is 459 g/mol. The summed E-state index contributed by atoms with van der Waals surface area (Å²) in [6.07, 6.45) is 7.71. The number of sulfone groups is 1. The molecule has 0 radical (unpaired) electrons. The normalized spacial score (nSPS) is 12.2. The molecule has 0 aliphatic heterocycles. The van der Waals surface area contributed by atoms with Crippen molar-refractivity contribution in [3.8, 4) is 12.3 Å². The van der Waals surface area contributed by atoms with Crippen LogP contribution in [0.25, 0.3) is 10.2 Å². The fraction of sp³-hybridized carbons (Fsp3) is 0.273. The zero-order valence-electron chi connectivity index (χ0n) is 16.8. The molecule has 1 heterocycles. The standard InChI is InChI=1S/C22H22N2O3S3/c1-4-13-24-19-12-11-18(30(3,26)27)15-20(19)29-22(24)23-21(25)6-5-14-28-17-9-7-16(2)8-10-17/h1,7-12,15H,5-6,13-14H2,2-3H3. The van der Waals surface area contributed by atoms with E-state index in [9.17, 15) is 13.2 Å². The molecule has 2 aromatic carbocycles. The van der Waals surface area contributed by atoms with Crippen LogP contribution in [-0.4, -0.2) is 30.9 Å². The number of hydrogen-bond donors (Lipinski definition) is 0. The molecule has 30 heavy (non-hydrogen) atoms. The number of nitrogens with zero attached hydrogens (tertiary/aromatic N) is 2. The van der Waals surface area contributed by atoms with Gasteiger partial charge in [0.15, 0.2) is 14.6 Å². The third-order valence-corrected chi connectivity index (χ3v) is 7.63. The topological polar surface area (TPSA) is 68.5 Å². The number of hydrogen-bond acceptors (Lipinski definition) is 5. The van der Waals surface area contributed by atoms with Crippen LogP contribution < -0.4 is 4.80 Å². The smallest absolute Gasteiger partial charge is 0.248 e. The maximum absolute atomic E-state index is 12.4. The first kappa shape index (κ1) is 22.3. The van der Waals surface area contributed by atoms with Crippen LogP contribution in [0.5, 0.6) is 0 Å². The number of fused-ring (bicyclic) bond motifs is 1. The Kier molecular flexibility index (Phi) is 7.19. The van der Waals surface area contributed by atoms with Crippen LogP contribution in [0.2, 0.25) is 0 Å². The van der Waals surface area contributed by atoms with Crippen molar-refractivity contribution in [1.29, 1.82) is 0 Å². The Labute approximate surface area is 184 Å². The number of thioether (sulfide) groups is 1. The number of aromatic nitrogens is 1. The lowest BCUT2D eigenvalue weighted by atomic mass is 10.2. The highest BCUT2D eigenvalue weighted by Gasteiger charge is 2.12. The van der Waals surface area contributed by atoms with Crippen molar-refractivity contribution in [2.24, 2.45) is 4.99 Å². The lowest BCUT2D eigenvalue weighted by Crippen LogP contribution is -2.16. The van der Waals surface area contributed by atoms with Gasteiger partial charge in [0.05, 0.1) is 21.7 Å². The summed E-state index contributed by atoms with van der Waals surface area (Å²) in [6.45, 7) is 2.31. The van der Waals surface area contributed by atoms with Crippen molar-refractivity contribution in [2.45, 2.75) is 36.1 Å². The molecule has 0 aliphatic rings. The van der Waals surface area contributed by atoms with E-state index in [2.05, 4.69) is 42.1 Å². The molecule has 0 aliphatic carbocycles. The zero-order chi connectivity index (χ0) is 21.7. The van der Waals surface area contributed by atoms with Crippen LogP contribution in [0, 0.1) is 19.3 Å². The zero-order valence-corrected chi connectivity index (χ0v) is 19.2. The number of aryl methyl sites for hydroxylation is 1. The van der Waals surface area contributed by atoms with E-state index in [1.165, 1.54) is 28.1 Å². The Morgan fingerprint density at radius 3 is 2.63 bits per heavy atom. The van der Waals surface area contributed by atoms with E-state index >= 15 is 0 Å². The molecule has 8 heteroatoms. The first-order chi connectivity index (χ1) is 14.3. The Morgan fingerprint density at radius 1 is 1.23 bits per heavy atom. The second kappa shape index (κ2) is 9.65. The summed E-state index contributed by atoms with van der Waals surface area (Å²) < 4.78 is 26.1. The summed E-state index contributed by atoms with van der Waals surface area (Å²) in [5.74, 6) is 3.20. The van der Waals surface area contributed by atoms with Gasteiger partial charge in [-0.2, -0.15) is 4.99 Å². The van der Waals surface area contributed by atoms with E-state index in [0.29, 0.717) is 11.2 Å². The van der Waals surface area contributed by atoms with Crippen molar-refractivity contribution in [1.82, 2.24) is 4.57 Å². The van der Waals surface area contributed by atoms with Crippen molar-refractivity contribution < 1.29 is 13.2 Å². The minimum Gasteiger partial charge on any atom is -0.305 e. The molecule has 0 N–H and O–H groups in total. The number of rotatable bonds is 7. The summed E-state index contributed by atoms with van der Waals surface area (Å²) in [6, 6.07) is 13.2. The van der Waals surface area contributed by atoms with Crippen molar-refractivity contribution in [3.63, 3.8) is 0 Å². The highest BCUT2D eigenvalue weighted by Crippen LogP contribution is 2.22. The van der Waals surface area contributed by atoms with Gasteiger partial charge in [-0.25, -0.2) is 8.42 Å². The Bertz CT molecular complexity index is 1280. The fourth-order valence-corrected chi connectivity index (χ4v) is 5.48. The van der Waals surface area contributed by atoms with Gasteiger partial charge in [0.2, 0.25) is 5.91 Å². The molecule has 0 unspecified atom stereocenters. The van der Waals surface area contributed by atoms with E-state index in [4.69, 9.17) is 6.42 Å². The molecular weight excluding hydrogens is 436 g/mol. The predicted octanol–water partition coefficient (Wildman–Crippen LogP) is 4.05. The maximum atomic E-state index is 12.4. The van der Waals surface area contributed by atoms with Gasteiger partial charge < -0.3 is 4.57 Å². The molecule has 0 bridgehead atoms. The van der Waals surface area contributed by atoms with Gasteiger partial charge in [-0.3, -0.25) is 4.79 Å². The molecule has 1 amide bonds. The fourth-order valence-electron chi connectivity index (χ4n) is 2.82. The lowest BCUT2D eigenvalue weighted by Gasteiger charge is -2.02. The van der Waals surface area contributed by atoms with E-state index in [1.54, 1.807) is 34.5 Å². The Morgan fingerprint density at radius 2 is 1.97 bits per heavy atom. The van der Waals surface area contributed by atoms with Gasteiger partial charge in [0, 0.05) is 17.6 Å². The van der Waals surface area contributed by atoms with Gasteiger partial charge in [-0.05, 0) is 49.4 Å². The second-order valence-corrected chi connectivity index (χ2v) is 11.0. The maximum Gasteiger partial charge on any atom is 0.248 e. The number of carbonyl (C=O) groups is 1. The van der Waals surface area contributed by atoms with Gasteiger partial charge in [0.25, 0.3) is 0 Å². The number of amides is 1. The van der Waals surface area contributed by atoms with E-state index < -0.39 is 9.84 Å². The molecule has 3 rings (SSSR count). The number of carbonyl (C=O) groups excluding carboxylic acids is 1. The van der Waals surface area contributed by atoms with E-state index in [-0.39, 0.29) is 17.3 Å². The third kappa shape index (κ3) is 5.63. The van der Waals surface area contributed by atoms with Crippen molar-refractivity contribution in [2.75, 3.05) is 12.0 Å². The SMILES string of the molecule is C#CCn1c(=NC(=O)CCCSc2ccc(C)cc2)sc2cc(S(C)(=O)=O)ccc21. The van der Waals surface area contributed by atoms with Crippen LogP contribution in [-0.2, 0) is 21.2 Å². The molecule has 1 aromatic heterocycles. The summed E-state index contributed by atoms with van der Waals surface area (Å²) in [4.78, 5) is 18.6. The molecule has 0 atom stereocenters. The van der Waals surface area contributed by atoms with Crippen molar-refractivity contribution >= 4 is 49.1 Å². The number of thiazole rings is 1. The van der Waals surface area contributed by atoms with Crippen molar-refractivity contribution in [3.05, 3.63) is 52.8 Å². The van der Waals surface area contributed by atoms with E-state index in [1.807, 2.05) is 0 Å². The van der Waals surface area contributed by atoms with Crippen LogP contribution in [0.1, 0.15) is 18.4 Å². The number of benzene rings is 2. The molecule has 0 saturated heterocycles. The summed E-state index contributed by atoms with van der Waals surface area (Å²) in [5.41, 5.74) is 1.99. The predicted molar refractivity (Wildman–Crippen MR) is 123 cm³/mol. The van der Waals surface area contributed by atoms with Gasteiger partial charge in [-0.15, -0.1) is 18.2 Å². The number of terminal acetylenes is 1. The van der Waals surface area contributed by atoms with Gasteiger partial charge in [-0.1, -0.05) is 35.0 Å². The highest BCUT2D eigenvalue weighted by atomic mass is 32.2. The minimum atomic E-state index is -3.32. The quantitative estimate of drug-likeness (QED) is 0.304. The first-order valence-corrected chi connectivity index (χ1v) is 13.0. The third-order valence-electron chi connectivity index (χ3n) is 4.38. The van der Waals surface area contributed by atoms with Crippen LogP contribution in [0.4, 0.5) is 0 Å². The van der Waals surface area contributed by atoms with Crippen LogP contribution >= 0.6 is 23.1 Å². The second-order valence-electron chi connectivity index (χ2n) is 6.85. The monoisotopic (exact) mass is 458 g/mol. The molecule has 5 nitrogen and oxygen atoms in total. The highest BCUT2D eigenvalue weighted by molar-refractivity contribution is 7.99. The molecular formula is C22H22N2O3S3. The first-order valence-electron chi connectivity index (χ1n) is 9.32. The van der Waals surface area contributed by atoms with Gasteiger partial charge in [0.1, 0.15) is 0 Å². The summed E-state index contributed by atoms with van der Waals surface area (Å²) in [5, 5.41) is 0. The van der Waals surface area contributed by atoms with Crippen LogP contribution in [0.3, 0.4) is 0 Å². The molecule has 0 saturated carbocycles. The Hall–Kier alpha value is -2.34. The Balaban J connectivity index is 1.75. The van der Waals surface area contributed by atoms with E-state index in [0.717, 1.165) is 22.4 Å². The lowest BCUT2D eigenvalue weighted by molar-refractivity contribution is -0.118. The van der Waals surface area contributed by atoms with Crippen LogP contribution in [0.15, 0.2) is 57.2 Å². The molecule has 156 valence electrons. The minimum absolute atomic E-state index is 0.208. The summed E-state index contributed by atoms with van der Waals surface area (Å²) >= 11 is 2.99. The van der Waals surface area contributed by atoms with Gasteiger partial charge >= 0.3 is 0 Å².